The maximum absolute atomic E-state index is 12.9. The third kappa shape index (κ3) is 4.10. The van der Waals surface area contributed by atoms with Gasteiger partial charge in [-0.15, -0.1) is 0 Å². The number of rotatable bonds is 6. The molecule has 0 aliphatic rings. The first kappa shape index (κ1) is 20.5. The first-order valence-corrected chi connectivity index (χ1v) is 11.1. The second kappa shape index (κ2) is 8.84. The molecule has 5 nitrogen and oxygen atoms in total. The molecule has 28 heavy (non-hydrogen) atoms. The molecular formula is C21H24N2O3S2. The molecule has 0 aliphatic heterocycles. The van der Waals surface area contributed by atoms with E-state index in [9.17, 15) is 4.79 Å². The molecule has 0 N–H and O–H groups in total. The van der Waals surface area contributed by atoms with Crippen LogP contribution < -0.4 is 14.3 Å². The van der Waals surface area contributed by atoms with Gasteiger partial charge in [0.05, 0.1) is 24.4 Å². The van der Waals surface area contributed by atoms with E-state index in [0.29, 0.717) is 21.9 Å². The number of thiazole rings is 1. The minimum atomic E-state index is -0.218. The van der Waals surface area contributed by atoms with Crippen molar-refractivity contribution < 1.29 is 14.3 Å². The highest BCUT2D eigenvalue weighted by atomic mass is 32.2. The first-order chi connectivity index (χ1) is 13.5. The average molecular weight is 417 g/mol. The van der Waals surface area contributed by atoms with Gasteiger partial charge in [0.25, 0.3) is 5.91 Å². The Bertz CT molecular complexity index is 1080. The van der Waals surface area contributed by atoms with Crippen molar-refractivity contribution in [2.75, 3.05) is 26.2 Å². The second-order valence-corrected chi connectivity index (χ2v) is 8.43. The Morgan fingerprint density at radius 3 is 2.54 bits per heavy atom. The highest BCUT2D eigenvalue weighted by Gasteiger charge is 2.14. The smallest absolute Gasteiger partial charge is 0.279 e. The molecule has 1 heterocycles. The lowest BCUT2D eigenvalue weighted by molar-refractivity contribution is 0.0997. The molecule has 7 heteroatoms. The standard InChI is InChI=1S/C21H24N2O3S2/c1-13-6-7-14(2)15(10-13)20(24)22-21-23(8-9-27-5)16-11-17(25-3)18(26-4)12-19(16)28-21/h6-7,10-12H,8-9H2,1-5H3. The fourth-order valence-corrected chi connectivity index (χ4v) is 4.42. The van der Waals surface area contributed by atoms with Gasteiger partial charge in [-0.1, -0.05) is 29.0 Å². The molecule has 0 aliphatic carbocycles. The highest BCUT2D eigenvalue weighted by Crippen LogP contribution is 2.33. The van der Waals surface area contributed by atoms with Crippen molar-refractivity contribution in [3.8, 4) is 11.5 Å². The van der Waals surface area contributed by atoms with E-state index in [1.54, 1.807) is 26.0 Å². The number of amides is 1. The molecule has 0 atom stereocenters. The summed E-state index contributed by atoms with van der Waals surface area (Å²) in [4.78, 5) is 18.1. The fourth-order valence-electron chi connectivity index (χ4n) is 2.99. The Morgan fingerprint density at radius 1 is 1.14 bits per heavy atom. The summed E-state index contributed by atoms with van der Waals surface area (Å²) in [5.41, 5.74) is 3.61. The van der Waals surface area contributed by atoms with Crippen LogP contribution in [0.3, 0.4) is 0 Å². The summed E-state index contributed by atoms with van der Waals surface area (Å²) in [5.74, 6) is 2.04. The van der Waals surface area contributed by atoms with Crippen molar-refractivity contribution in [1.29, 1.82) is 0 Å². The van der Waals surface area contributed by atoms with Crippen molar-refractivity contribution in [2.45, 2.75) is 20.4 Å². The molecule has 0 bridgehead atoms. The lowest BCUT2D eigenvalue weighted by Crippen LogP contribution is -2.18. The van der Waals surface area contributed by atoms with Crippen LogP contribution in [0.1, 0.15) is 21.5 Å². The Morgan fingerprint density at radius 2 is 1.86 bits per heavy atom. The van der Waals surface area contributed by atoms with Crippen LogP contribution in [0, 0.1) is 13.8 Å². The Hall–Kier alpha value is -2.25. The molecule has 148 valence electrons. The lowest BCUT2D eigenvalue weighted by Gasteiger charge is -2.09. The molecule has 1 aromatic heterocycles. The van der Waals surface area contributed by atoms with E-state index >= 15 is 0 Å². The number of aryl methyl sites for hydroxylation is 3. The van der Waals surface area contributed by atoms with E-state index in [-0.39, 0.29) is 5.91 Å². The lowest BCUT2D eigenvalue weighted by atomic mass is 10.1. The Balaban J connectivity index is 2.19. The zero-order valence-electron chi connectivity index (χ0n) is 16.7. The number of methoxy groups -OCH3 is 2. The zero-order valence-corrected chi connectivity index (χ0v) is 18.4. The summed E-state index contributed by atoms with van der Waals surface area (Å²) < 4.78 is 14.0. The molecule has 3 aromatic rings. The molecule has 3 rings (SSSR count). The number of ether oxygens (including phenoxy) is 2. The SMILES string of the molecule is COc1cc2sc(=NC(=O)c3cc(C)ccc3C)n(CCSC)c2cc1OC. The van der Waals surface area contributed by atoms with E-state index in [1.807, 2.05) is 44.2 Å². The summed E-state index contributed by atoms with van der Waals surface area (Å²) in [6.45, 7) is 4.67. The normalized spacial score (nSPS) is 11.8. The number of hydrogen-bond donors (Lipinski definition) is 0. The number of carbonyl (C=O) groups is 1. The molecular weight excluding hydrogens is 392 g/mol. The van der Waals surface area contributed by atoms with Gasteiger partial charge in [0.1, 0.15) is 0 Å². The molecule has 0 spiro atoms. The Labute approximate surface area is 173 Å². The fraction of sp³-hybridized carbons (Fsp3) is 0.333. The summed E-state index contributed by atoms with van der Waals surface area (Å²) in [6.07, 6.45) is 2.07. The van der Waals surface area contributed by atoms with Crippen molar-refractivity contribution in [3.63, 3.8) is 0 Å². The molecule has 2 aromatic carbocycles. The van der Waals surface area contributed by atoms with E-state index in [0.717, 1.165) is 33.6 Å². The molecule has 1 amide bonds. The quantitative estimate of drug-likeness (QED) is 0.596. The maximum atomic E-state index is 12.9. The summed E-state index contributed by atoms with van der Waals surface area (Å²) in [7, 11) is 3.24. The predicted molar refractivity (Wildman–Crippen MR) is 117 cm³/mol. The molecule has 0 unspecified atom stereocenters. The van der Waals surface area contributed by atoms with E-state index in [2.05, 4.69) is 15.8 Å². The largest absolute Gasteiger partial charge is 0.493 e. The predicted octanol–water partition coefficient (Wildman–Crippen LogP) is 4.44. The van der Waals surface area contributed by atoms with E-state index < -0.39 is 0 Å². The number of benzene rings is 2. The van der Waals surface area contributed by atoms with Gasteiger partial charge >= 0.3 is 0 Å². The van der Waals surface area contributed by atoms with Crippen LogP contribution in [-0.2, 0) is 6.54 Å². The molecule has 0 saturated heterocycles. The second-order valence-electron chi connectivity index (χ2n) is 6.44. The van der Waals surface area contributed by atoms with Crippen LogP contribution in [0.25, 0.3) is 10.2 Å². The van der Waals surface area contributed by atoms with Crippen LogP contribution in [-0.4, -0.2) is 36.7 Å². The summed E-state index contributed by atoms with van der Waals surface area (Å²) in [6, 6.07) is 9.75. The van der Waals surface area contributed by atoms with Crippen LogP contribution in [0.4, 0.5) is 0 Å². The van der Waals surface area contributed by atoms with Crippen LogP contribution in [0.2, 0.25) is 0 Å². The van der Waals surface area contributed by atoms with Gasteiger partial charge < -0.3 is 14.0 Å². The maximum Gasteiger partial charge on any atom is 0.279 e. The van der Waals surface area contributed by atoms with Gasteiger partial charge in [-0.3, -0.25) is 4.79 Å². The monoisotopic (exact) mass is 416 g/mol. The molecule has 0 saturated carbocycles. The number of thioether (sulfide) groups is 1. The van der Waals surface area contributed by atoms with Crippen molar-refractivity contribution in [3.05, 3.63) is 51.8 Å². The minimum Gasteiger partial charge on any atom is -0.493 e. The minimum absolute atomic E-state index is 0.218. The van der Waals surface area contributed by atoms with Gasteiger partial charge in [-0.05, 0) is 31.7 Å². The van der Waals surface area contributed by atoms with Crippen LogP contribution in [0.5, 0.6) is 11.5 Å². The van der Waals surface area contributed by atoms with Gasteiger partial charge in [0, 0.05) is 30.0 Å². The number of fused-ring (bicyclic) bond motifs is 1. The van der Waals surface area contributed by atoms with Crippen LogP contribution in [0.15, 0.2) is 35.3 Å². The van der Waals surface area contributed by atoms with Crippen molar-refractivity contribution in [2.24, 2.45) is 4.99 Å². The van der Waals surface area contributed by atoms with E-state index in [1.165, 1.54) is 11.3 Å². The van der Waals surface area contributed by atoms with E-state index in [4.69, 9.17) is 9.47 Å². The average Bonchev–Trinajstić information content (AvgIpc) is 3.02. The third-order valence-corrected chi connectivity index (χ3v) is 6.16. The van der Waals surface area contributed by atoms with Crippen molar-refractivity contribution >= 4 is 39.2 Å². The summed E-state index contributed by atoms with van der Waals surface area (Å²) >= 11 is 3.24. The van der Waals surface area contributed by atoms with Gasteiger partial charge in [0.15, 0.2) is 16.3 Å². The van der Waals surface area contributed by atoms with Gasteiger partial charge in [-0.2, -0.15) is 16.8 Å². The van der Waals surface area contributed by atoms with Gasteiger partial charge in [0.2, 0.25) is 0 Å². The highest BCUT2D eigenvalue weighted by molar-refractivity contribution is 7.98. The van der Waals surface area contributed by atoms with Gasteiger partial charge in [-0.25, -0.2) is 0 Å². The third-order valence-electron chi connectivity index (χ3n) is 4.53. The van der Waals surface area contributed by atoms with Crippen LogP contribution >= 0.6 is 23.1 Å². The number of aromatic nitrogens is 1. The molecule has 0 fully saturated rings. The number of nitrogens with zero attached hydrogens (tertiary/aromatic N) is 2. The Kier molecular flexibility index (Phi) is 6.46. The topological polar surface area (TPSA) is 52.8 Å². The molecule has 0 radical (unpaired) electrons. The number of hydrogen-bond acceptors (Lipinski definition) is 5. The first-order valence-electron chi connectivity index (χ1n) is 8.89. The zero-order chi connectivity index (χ0) is 20.3. The number of carbonyl (C=O) groups excluding carboxylic acids is 1. The van der Waals surface area contributed by atoms with Crippen molar-refractivity contribution in [1.82, 2.24) is 4.57 Å². The summed E-state index contributed by atoms with van der Waals surface area (Å²) in [5, 5.41) is 0.